The molecule has 0 unspecified atom stereocenters. The molecule has 0 fully saturated rings. The molecule has 3 N–H and O–H groups in total. The van der Waals surface area contributed by atoms with E-state index in [1.165, 1.54) is 0 Å². The highest BCUT2D eigenvalue weighted by molar-refractivity contribution is 6.08. The Morgan fingerprint density at radius 3 is 2.78 bits per heavy atom. The zero-order valence-electron chi connectivity index (χ0n) is 10.8. The number of nitrogens with two attached hydrogens (primary N) is 1. The highest BCUT2D eigenvalue weighted by atomic mass is 16.1. The Balaban J connectivity index is 2.63. The number of nitrogens with one attached hydrogen (secondary N) is 1. The van der Waals surface area contributed by atoms with E-state index >= 15 is 0 Å². The van der Waals surface area contributed by atoms with Crippen molar-refractivity contribution in [3.05, 3.63) is 35.5 Å². The van der Waals surface area contributed by atoms with Crippen LogP contribution in [-0.2, 0) is 0 Å². The molecular formula is C14H17N3O. The Bertz CT molecular complexity index is 605. The summed E-state index contributed by atoms with van der Waals surface area (Å²) in [5.74, 6) is -0.0916. The van der Waals surface area contributed by atoms with E-state index in [-0.39, 0.29) is 11.9 Å². The average Bonchev–Trinajstić information content (AvgIpc) is 2.28. The topological polar surface area (TPSA) is 68.0 Å². The standard InChI is InChI=1S/C14H17N3O/c1-8(2)16-14(18)11-7-9(3)17-13-10(11)5-4-6-12(13)15/h4-8H,15H2,1-3H3,(H,16,18). The maximum atomic E-state index is 12.2. The van der Waals surface area contributed by atoms with Gasteiger partial charge in [0.05, 0.1) is 16.8 Å². The van der Waals surface area contributed by atoms with Crippen molar-refractivity contribution in [2.45, 2.75) is 26.8 Å². The number of carbonyl (C=O) groups excluding carboxylic acids is 1. The van der Waals surface area contributed by atoms with Crippen LogP contribution >= 0.6 is 0 Å². The minimum absolute atomic E-state index is 0.0916. The third-order valence-corrected chi connectivity index (χ3v) is 2.66. The van der Waals surface area contributed by atoms with E-state index in [0.717, 1.165) is 11.1 Å². The summed E-state index contributed by atoms with van der Waals surface area (Å²) in [5.41, 5.74) is 8.59. The number of nitrogen functional groups attached to an aromatic ring is 1. The monoisotopic (exact) mass is 243 g/mol. The molecule has 2 rings (SSSR count). The SMILES string of the molecule is Cc1cc(C(=O)NC(C)C)c2cccc(N)c2n1. The molecule has 0 atom stereocenters. The molecule has 4 heteroatoms. The molecule has 1 aromatic heterocycles. The van der Waals surface area contributed by atoms with Gasteiger partial charge in [-0.25, -0.2) is 0 Å². The normalized spacial score (nSPS) is 10.9. The average molecular weight is 243 g/mol. The van der Waals surface area contributed by atoms with E-state index in [4.69, 9.17) is 5.73 Å². The van der Waals surface area contributed by atoms with Crippen molar-refractivity contribution in [3.63, 3.8) is 0 Å². The lowest BCUT2D eigenvalue weighted by Crippen LogP contribution is -2.30. The summed E-state index contributed by atoms with van der Waals surface area (Å²) < 4.78 is 0. The van der Waals surface area contributed by atoms with Gasteiger partial charge in [0.1, 0.15) is 0 Å². The largest absolute Gasteiger partial charge is 0.397 e. The first-order valence-corrected chi connectivity index (χ1v) is 5.95. The van der Waals surface area contributed by atoms with Crippen molar-refractivity contribution in [2.24, 2.45) is 0 Å². The van der Waals surface area contributed by atoms with Crippen LogP contribution < -0.4 is 11.1 Å². The number of hydrogen-bond acceptors (Lipinski definition) is 3. The number of benzene rings is 1. The fourth-order valence-electron chi connectivity index (χ4n) is 1.93. The molecule has 18 heavy (non-hydrogen) atoms. The molecule has 0 aliphatic carbocycles. The van der Waals surface area contributed by atoms with Crippen LogP contribution in [0.5, 0.6) is 0 Å². The number of rotatable bonds is 2. The van der Waals surface area contributed by atoms with Crippen LogP contribution in [0.25, 0.3) is 10.9 Å². The number of amides is 1. The van der Waals surface area contributed by atoms with Crippen LogP contribution in [0, 0.1) is 6.92 Å². The van der Waals surface area contributed by atoms with Crippen molar-refractivity contribution >= 4 is 22.5 Å². The second-order valence-corrected chi connectivity index (χ2v) is 4.68. The van der Waals surface area contributed by atoms with Gasteiger partial charge in [0.15, 0.2) is 0 Å². The third-order valence-electron chi connectivity index (χ3n) is 2.66. The van der Waals surface area contributed by atoms with Crippen molar-refractivity contribution in [1.29, 1.82) is 0 Å². The van der Waals surface area contributed by atoms with Crippen LogP contribution in [-0.4, -0.2) is 16.9 Å². The van der Waals surface area contributed by atoms with Gasteiger partial charge in [-0.2, -0.15) is 0 Å². The van der Waals surface area contributed by atoms with Crippen molar-refractivity contribution in [3.8, 4) is 0 Å². The van der Waals surface area contributed by atoms with Crippen molar-refractivity contribution < 1.29 is 4.79 Å². The lowest BCUT2D eigenvalue weighted by atomic mass is 10.1. The summed E-state index contributed by atoms with van der Waals surface area (Å²) in [5, 5.41) is 3.68. The van der Waals surface area contributed by atoms with E-state index in [2.05, 4.69) is 10.3 Å². The van der Waals surface area contributed by atoms with Gasteiger partial charge in [-0.3, -0.25) is 9.78 Å². The van der Waals surface area contributed by atoms with E-state index in [9.17, 15) is 4.79 Å². The van der Waals surface area contributed by atoms with Crippen molar-refractivity contribution in [2.75, 3.05) is 5.73 Å². The molecule has 0 saturated heterocycles. The number of pyridine rings is 1. The van der Waals surface area contributed by atoms with E-state index < -0.39 is 0 Å². The lowest BCUT2D eigenvalue weighted by Gasteiger charge is -2.12. The molecule has 0 saturated carbocycles. The summed E-state index contributed by atoms with van der Waals surface area (Å²) in [7, 11) is 0. The fraction of sp³-hybridized carbons (Fsp3) is 0.286. The van der Waals surface area contributed by atoms with Crippen LogP contribution in [0.15, 0.2) is 24.3 Å². The molecular weight excluding hydrogens is 226 g/mol. The van der Waals surface area contributed by atoms with E-state index in [1.807, 2.05) is 32.9 Å². The highest BCUT2D eigenvalue weighted by Gasteiger charge is 2.13. The molecule has 0 spiro atoms. The molecule has 0 bridgehead atoms. The molecule has 0 aliphatic rings. The summed E-state index contributed by atoms with van der Waals surface area (Å²) in [6, 6.07) is 7.38. The Kier molecular flexibility index (Phi) is 3.19. The molecule has 2 aromatic rings. The summed E-state index contributed by atoms with van der Waals surface area (Å²) >= 11 is 0. The van der Waals surface area contributed by atoms with Crippen LogP contribution in [0.2, 0.25) is 0 Å². The van der Waals surface area contributed by atoms with Gasteiger partial charge in [-0.15, -0.1) is 0 Å². The molecule has 0 aliphatic heterocycles. The number of aryl methyl sites for hydroxylation is 1. The Morgan fingerprint density at radius 1 is 1.39 bits per heavy atom. The highest BCUT2D eigenvalue weighted by Crippen LogP contribution is 2.23. The third kappa shape index (κ3) is 2.27. The van der Waals surface area contributed by atoms with Crippen LogP contribution in [0.4, 0.5) is 5.69 Å². The zero-order valence-corrected chi connectivity index (χ0v) is 10.8. The maximum absolute atomic E-state index is 12.2. The Hall–Kier alpha value is -2.10. The molecule has 4 nitrogen and oxygen atoms in total. The lowest BCUT2D eigenvalue weighted by molar-refractivity contribution is 0.0944. The van der Waals surface area contributed by atoms with Gasteiger partial charge in [-0.05, 0) is 32.9 Å². The smallest absolute Gasteiger partial charge is 0.252 e. The first kappa shape index (κ1) is 12.4. The van der Waals surface area contributed by atoms with Gasteiger partial charge in [0.2, 0.25) is 0 Å². The van der Waals surface area contributed by atoms with E-state index in [0.29, 0.717) is 16.8 Å². The predicted octanol–water partition coefficient (Wildman–Crippen LogP) is 2.26. The van der Waals surface area contributed by atoms with Gasteiger partial charge >= 0.3 is 0 Å². The maximum Gasteiger partial charge on any atom is 0.252 e. The first-order valence-electron chi connectivity index (χ1n) is 5.95. The quantitative estimate of drug-likeness (QED) is 0.795. The van der Waals surface area contributed by atoms with Crippen molar-refractivity contribution in [1.82, 2.24) is 10.3 Å². The number of nitrogens with zero attached hydrogens (tertiary/aromatic N) is 1. The predicted molar refractivity (Wildman–Crippen MR) is 73.5 cm³/mol. The summed E-state index contributed by atoms with van der Waals surface area (Å²) in [6.45, 7) is 5.73. The van der Waals surface area contributed by atoms with Gasteiger partial charge in [0, 0.05) is 17.1 Å². The first-order chi connectivity index (χ1) is 8.49. The number of anilines is 1. The molecule has 0 radical (unpaired) electrons. The minimum atomic E-state index is -0.0916. The minimum Gasteiger partial charge on any atom is -0.397 e. The molecule has 1 amide bonds. The summed E-state index contributed by atoms with van der Waals surface area (Å²) in [6.07, 6.45) is 0. The number of para-hydroxylation sites is 1. The number of aromatic nitrogens is 1. The molecule has 94 valence electrons. The van der Waals surface area contributed by atoms with Crippen LogP contribution in [0.3, 0.4) is 0 Å². The van der Waals surface area contributed by atoms with Crippen LogP contribution in [0.1, 0.15) is 29.9 Å². The fourth-order valence-corrected chi connectivity index (χ4v) is 1.93. The molecule has 1 heterocycles. The number of carbonyl (C=O) groups is 1. The second-order valence-electron chi connectivity index (χ2n) is 4.68. The van der Waals surface area contributed by atoms with Gasteiger partial charge in [0.25, 0.3) is 5.91 Å². The zero-order chi connectivity index (χ0) is 13.3. The summed E-state index contributed by atoms with van der Waals surface area (Å²) in [4.78, 5) is 16.5. The van der Waals surface area contributed by atoms with E-state index in [1.54, 1.807) is 12.1 Å². The van der Waals surface area contributed by atoms with Gasteiger partial charge in [-0.1, -0.05) is 12.1 Å². The Morgan fingerprint density at radius 2 is 2.11 bits per heavy atom. The number of fused-ring (bicyclic) bond motifs is 1. The Labute approximate surface area is 106 Å². The molecule has 1 aromatic carbocycles. The number of hydrogen-bond donors (Lipinski definition) is 2. The second kappa shape index (κ2) is 4.64. The van der Waals surface area contributed by atoms with Gasteiger partial charge < -0.3 is 11.1 Å².